The van der Waals surface area contributed by atoms with Crippen molar-refractivity contribution in [3.63, 3.8) is 0 Å². The first-order valence-corrected chi connectivity index (χ1v) is 7.99. The van der Waals surface area contributed by atoms with Gasteiger partial charge >= 0.3 is 0 Å². The SMILES string of the molecule is CCC(CC)n1ccc(CCCC(NC)C2CC2)n1. The minimum atomic E-state index is 0.574. The van der Waals surface area contributed by atoms with Gasteiger partial charge in [-0.25, -0.2) is 0 Å². The fourth-order valence-electron chi connectivity index (χ4n) is 2.99. The van der Waals surface area contributed by atoms with Crippen molar-refractivity contribution in [2.75, 3.05) is 7.05 Å². The maximum absolute atomic E-state index is 4.73. The van der Waals surface area contributed by atoms with E-state index in [0.717, 1.165) is 18.4 Å². The van der Waals surface area contributed by atoms with E-state index in [0.29, 0.717) is 6.04 Å². The zero-order valence-electron chi connectivity index (χ0n) is 12.7. The van der Waals surface area contributed by atoms with Crippen LogP contribution >= 0.6 is 0 Å². The van der Waals surface area contributed by atoms with E-state index in [1.807, 2.05) is 0 Å². The van der Waals surface area contributed by atoms with Crippen LogP contribution in [0.3, 0.4) is 0 Å². The Morgan fingerprint density at radius 1 is 1.37 bits per heavy atom. The van der Waals surface area contributed by atoms with Crippen LogP contribution in [0.5, 0.6) is 0 Å². The van der Waals surface area contributed by atoms with Crippen LogP contribution in [0, 0.1) is 5.92 Å². The van der Waals surface area contributed by atoms with Gasteiger partial charge in [0.25, 0.3) is 0 Å². The molecule has 0 saturated heterocycles. The summed E-state index contributed by atoms with van der Waals surface area (Å²) < 4.78 is 2.16. The van der Waals surface area contributed by atoms with Crippen LogP contribution in [-0.2, 0) is 6.42 Å². The van der Waals surface area contributed by atoms with Crippen molar-refractivity contribution in [1.82, 2.24) is 15.1 Å². The van der Waals surface area contributed by atoms with E-state index < -0.39 is 0 Å². The lowest BCUT2D eigenvalue weighted by molar-refractivity contribution is 0.422. The molecular weight excluding hydrogens is 234 g/mol. The average molecular weight is 263 g/mol. The van der Waals surface area contributed by atoms with Gasteiger partial charge in [-0.05, 0) is 64.0 Å². The summed E-state index contributed by atoms with van der Waals surface area (Å²) >= 11 is 0. The highest BCUT2D eigenvalue weighted by atomic mass is 15.3. The standard InChI is InChI=1S/C16H29N3/c1-4-15(5-2)19-12-11-14(18-19)7-6-8-16(17-3)13-9-10-13/h11-13,15-17H,4-10H2,1-3H3. The molecule has 1 fully saturated rings. The summed E-state index contributed by atoms with van der Waals surface area (Å²) in [5.41, 5.74) is 1.26. The van der Waals surface area contributed by atoms with Gasteiger partial charge in [0.2, 0.25) is 0 Å². The van der Waals surface area contributed by atoms with Crippen molar-refractivity contribution in [3.05, 3.63) is 18.0 Å². The molecule has 19 heavy (non-hydrogen) atoms. The molecule has 108 valence electrons. The van der Waals surface area contributed by atoms with Crippen molar-refractivity contribution in [2.24, 2.45) is 5.92 Å². The Labute approximate surface area is 117 Å². The predicted octanol–water partition coefficient (Wildman–Crippen LogP) is 3.56. The van der Waals surface area contributed by atoms with E-state index in [9.17, 15) is 0 Å². The number of hydrogen-bond acceptors (Lipinski definition) is 2. The maximum atomic E-state index is 4.73. The highest BCUT2D eigenvalue weighted by Gasteiger charge is 2.29. The monoisotopic (exact) mass is 263 g/mol. The van der Waals surface area contributed by atoms with Crippen LogP contribution in [0.25, 0.3) is 0 Å². The first kappa shape index (κ1) is 14.6. The second kappa shape index (κ2) is 7.09. The lowest BCUT2D eigenvalue weighted by Gasteiger charge is -2.14. The molecule has 1 N–H and O–H groups in total. The zero-order chi connectivity index (χ0) is 13.7. The van der Waals surface area contributed by atoms with Gasteiger partial charge in [0, 0.05) is 12.2 Å². The van der Waals surface area contributed by atoms with Gasteiger partial charge in [-0.1, -0.05) is 13.8 Å². The molecule has 1 atom stereocenters. The lowest BCUT2D eigenvalue weighted by Crippen LogP contribution is -2.27. The molecule has 2 rings (SSSR count). The van der Waals surface area contributed by atoms with Crippen LogP contribution in [0.4, 0.5) is 0 Å². The quantitative estimate of drug-likeness (QED) is 0.738. The maximum Gasteiger partial charge on any atom is 0.0624 e. The van der Waals surface area contributed by atoms with Crippen LogP contribution in [0.2, 0.25) is 0 Å². The van der Waals surface area contributed by atoms with Gasteiger partial charge in [0.15, 0.2) is 0 Å². The van der Waals surface area contributed by atoms with Crippen LogP contribution in [-0.4, -0.2) is 22.9 Å². The highest BCUT2D eigenvalue weighted by molar-refractivity contribution is 5.00. The molecule has 0 bridgehead atoms. The molecule has 1 saturated carbocycles. The smallest absolute Gasteiger partial charge is 0.0624 e. The van der Waals surface area contributed by atoms with E-state index in [1.165, 1.54) is 44.2 Å². The summed E-state index contributed by atoms with van der Waals surface area (Å²) in [5.74, 6) is 0.951. The summed E-state index contributed by atoms with van der Waals surface area (Å²) in [4.78, 5) is 0. The number of nitrogens with one attached hydrogen (secondary N) is 1. The minimum absolute atomic E-state index is 0.574. The van der Waals surface area contributed by atoms with Gasteiger partial charge in [-0.3, -0.25) is 4.68 Å². The third kappa shape index (κ3) is 4.07. The van der Waals surface area contributed by atoms with Crippen molar-refractivity contribution < 1.29 is 0 Å². The minimum Gasteiger partial charge on any atom is -0.317 e. The van der Waals surface area contributed by atoms with Gasteiger partial charge in [0.05, 0.1) is 11.7 Å². The lowest BCUT2D eigenvalue weighted by atomic mass is 10.0. The number of rotatable bonds is 9. The molecule has 0 amide bonds. The molecule has 1 aromatic rings. The third-order valence-corrected chi connectivity index (χ3v) is 4.49. The first-order valence-electron chi connectivity index (χ1n) is 7.99. The first-order chi connectivity index (χ1) is 9.28. The van der Waals surface area contributed by atoms with Gasteiger partial charge in [-0.15, -0.1) is 0 Å². The summed E-state index contributed by atoms with van der Waals surface area (Å²) in [7, 11) is 2.10. The Morgan fingerprint density at radius 3 is 2.68 bits per heavy atom. The normalized spacial score (nSPS) is 17.1. The molecule has 0 aromatic carbocycles. The molecule has 1 aliphatic rings. The van der Waals surface area contributed by atoms with Crippen molar-refractivity contribution in [2.45, 2.75) is 70.9 Å². The van der Waals surface area contributed by atoms with Gasteiger partial charge in [0.1, 0.15) is 0 Å². The van der Waals surface area contributed by atoms with E-state index in [2.05, 4.69) is 43.2 Å². The molecular formula is C16H29N3. The molecule has 3 nitrogen and oxygen atoms in total. The Kier molecular flexibility index (Phi) is 5.44. The summed E-state index contributed by atoms with van der Waals surface area (Å²) in [6.45, 7) is 4.48. The summed E-state index contributed by atoms with van der Waals surface area (Å²) in [6, 6.07) is 3.51. The third-order valence-electron chi connectivity index (χ3n) is 4.49. The molecule has 1 unspecified atom stereocenters. The van der Waals surface area contributed by atoms with E-state index in [-0.39, 0.29) is 0 Å². The van der Waals surface area contributed by atoms with Gasteiger partial charge in [-0.2, -0.15) is 5.10 Å². The average Bonchev–Trinajstić information content (AvgIpc) is 3.17. The Bertz CT molecular complexity index is 364. The van der Waals surface area contributed by atoms with Crippen LogP contribution in [0.1, 0.15) is 64.1 Å². The molecule has 1 aliphatic carbocycles. The largest absolute Gasteiger partial charge is 0.317 e. The van der Waals surface area contributed by atoms with Crippen LogP contribution in [0.15, 0.2) is 12.3 Å². The number of nitrogens with zero attached hydrogens (tertiary/aromatic N) is 2. The summed E-state index contributed by atoms with van der Waals surface area (Å²) in [6.07, 6.45) is 11.0. The molecule has 0 spiro atoms. The fourth-order valence-corrected chi connectivity index (χ4v) is 2.99. The number of hydrogen-bond donors (Lipinski definition) is 1. The Morgan fingerprint density at radius 2 is 2.11 bits per heavy atom. The van der Waals surface area contributed by atoms with Crippen molar-refractivity contribution in [1.29, 1.82) is 0 Å². The molecule has 0 radical (unpaired) electrons. The summed E-state index contributed by atoms with van der Waals surface area (Å²) in [5, 5.41) is 8.20. The topological polar surface area (TPSA) is 29.9 Å². The zero-order valence-corrected chi connectivity index (χ0v) is 12.7. The van der Waals surface area contributed by atoms with Crippen molar-refractivity contribution in [3.8, 4) is 0 Å². The van der Waals surface area contributed by atoms with Crippen molar-refractivity contribution >= 4 is 0 Å². The predicted molar refractivity (Wildman–Crippen MR) is 80.4 cm³/mol. The molecule has 3 heteroatoms. The van der Waals surface area contributed by atoms with Gasteiger partial charge < -0.3 is 5.32 Å². The van der Waals surface area contributed by atoms with E-state index in [1.54, 1.807) is 0 Å². The number of aromatic nitrogens is 2. The fraction of sp³-hybridized carbons (Fsp3) is 0.812. The van der Waals surface area contributed by atoms with Crippen LogP contribution < -0.4 is 5.32 Å². The highest BCUT2D eigenvalue weighted by Crippen LogP contribution is 2.34. The van der Waals surface area contributed by atoms with E-state index >= 15 is 0 Å². The second-order valence-corrected chi connectivity index (χ2v) is 5.88. The molecule has 1 heterocycles. The second-order valence-electron chi connectivity index (χ2n) is 5.88. The molecule has 0 aliphatic heterocycles. The van der Waals surface area contributed by atoms with E-state index in [4.69, 9.17) is 5.10 Å². The Balaban J connectivity index is 1.76. The Hall–Kier alpha value is -0.830. The number of aryl methyl sites for hydroxylation is 1. The molecule has 1 aromatic heterocycles.